The molecule has 0 aliphatic heterocycles. The van der Waals surface area contributed by atoms with Crippen LogP contribution in [-0.2, 0) is 6.42 Å². The van der Waals surface area contributed by atoms with E-state index in [0.717, 1.165) is 18.5 Å². The topological polar surface area (TPSA) is 24.9 Å². The summed E-state index contributed by atoms with van der Waals surface area (Å²) in [6.07, 6.45) is 3.68. The van der Waals surface area contributed by atoms with E-state index in [9.17, 15) is 0 Å². The molecule has 2 rings (SSSR count). The lowest BCUT2D eigenvalue weighted by Gasteiger charge is -2.08. The van der Waals surface area contributed by atoms with Gasteiger partial charge in [-0.15, -0.1) is 11.6 Å². The van der Waals surface area contributed by atoms with Crippen molar-refractivity contribution in [3.63, 3.8) is 0 Å². The average Bonchev–Trinajstić information content (AvgIpc) is 2.40. The van der Waals surface area contributed by atoms with Gasteiger partial charge >= 0.3 is 0 Å². The summed E-state index contributed by atoms with van der Waals surface area (Å²) in [5.74, 6) is 1.36. The lowest BCUT2D eigenvalue weighted by molar-refractivity contribution is 0.929. The minimum absolute atomic E-state index is 0.615. The van der Waals surface area contributed by atoms with Gasteiger partial charge in [0.25, 0.3) is 0 Å². The number of alkyl halides is 1. The average molecular weight is 281 g/mol. The zero-order valence-electron chi connectivity index (χ0n) is 9.87. The third-order valence-corrected chi connectivity index (χ3v) is 3.12. The number of nitrogens with zero attached hydrogens (tertiary/aromatic N) is 1. The Morgan fingerprint density at radius 2 is 2.06 bits per heavy atom. The maximum Gasteiger partial charge on any atom is 0.149 e. The van der Waals surface area contributed by atoms with Crippen molar-refractivity contribution < 1.29 is 0 Å². The van der Waals surface area contributed by atoms with Crippen molar-refractivity contribution >= 4 is 34.7 Å². The Bertz CT molecular complexity index is 515. The van der Waals surface area contributed by atoms with E-state index in [1.807, 2.05) is 24.3 Å². The number of rotatable bonds is 5. The van der Waals surface area contributed by atoms with Gasteiger partial charge in [0.1, 0.15) is 5.82 Å². The first-order valence-electron chi connectivity index (χ1n) is 5.82. The van der Waals surface area contributed by atoms with E-state index >= 15 is 0 Å². The molecule has 0 saturated carbocycles. The van der Waals surface area contributed by atoms with E-state index in [1.54, 1.807) is 6.20 Å². The molecule has 0 amide bonds. The highest BCUT2D eigenvalue weighted by Crippen LogP contribution is 2.23. The Morgan fingerprint density at radius 1 is 1.17 bits per heavy atom. The quantitative estimate of drug-likeness (QED) is 0.807. The maximum atomic E-state index is 6.06. The van der Waals surface area contributed by atoms with Gasteiger partial charge in [0.15, 0.2) is 0 Å². The van der Waals surface area contributed by atoms with Crippen LogP contribution in [0.4, 0.5) is 11.5 Å². The molecule has 0 fully saturated rings. The molecule has 2 aromatic rings. The van der Waals surface area contributed by atoms with Gasteiger partial charge in [0.05, 0.1) is 5.02 Å². The molecule has 18 heavy (non-hydrogen) atoms. The molecule has 1 N–H and O–H groups in total. The van der Waals surface area contributed by atoms with Crippen molar-refractivity contribution in [3.8, 4) is 0 Å². The van der Waals surface area contributed by atoms with Crippen LogP contribution in [0.15, 0.2) is 42.6 Å². The summed E-state index contributed by atoms with van der Waals surface area (Å²) in [7, 11) is 0. The third kappa shape index (κ3) is 3.62. The highest BCUT2D eigenvalue weighted by molar-refractivity contribution is 6.33. The third-order valence-electron chi connectivity index (χ3n) is 2.55. The SMILES string of the molecule is ClCCCc1cccc(Nc2ncccc2Cl)c1. The molecule has 0 aliphatic rings. The predicted molar refractivity (Wildman–Crippen MR) is 78.0 cm³/mol. The molecule has 0 radical (unpaired) electrons. The molecule has 0 aliphatic carbocycles. The van der Waals surface area contributed by atoms with Gasteiger partial charge in [-0.25, -0.2) is 4.98 Å². The van der Waals surface area contributed by atoms with Crippen molar-refractivity contribution in [3.05, 3.63) is 53.2 Å². The fourth-order valence-corrected chi connectivity index (χ4v) is 1.99. The van der Waals surface area contributed by atoms with Crippen LogP contribution in [-0.4, -0.2) is 10.9 Å². The van der Waals surface area contributed by atoms with Crippen LogP contribution in [0.5, 0.6) is 0 Å². The molecule has 1 aromatic carbocycles. The Hall–Kier alpha value is -1.25. The van der Waals surface area contributed by atoms with Crippen molar-refractivity contribution in [1.82, 2.24) is 4.98 Å². The monoisotopic (exact) mass is 280 g/mol. The Kier molecular flexibility index (Phi) is 4.85. The number of anilines is 2. The van der Waals surface area contributed by atoms with Crippen LogP contribution in [0.2, 0.25) is 5.02 Å². The molecule has 0 saturated heterocycles. The van der Waals surface area contributed by atoms with E-state index < -0.39 is 0 Å². The minimum Gasteiger partial charge on any atom is -0.339 e. The molecule has 1 aromatic heterocycles. The molecule has 0 unspecified atom stereocenters. The first-order chi connectivity index (χ1) is 8.79. The van der Waals surface area contributed by atoms with Crippen LogP contribution in [0.3, 0.4) is 0 Å². The van der Waals surface area contributed by atoms with Gasteiger partial charge in [0, 0.05) is 17.8 Å². The van der Waals surface area contributed by atoms with Crippen LogP contribution < -0.4 is 5.32 Å². The second-order valence-corrected chi connectivity index (χ2v) is 4.74. The van der Waals surface area contributed by atoms with E-state index in [0.29, 0.717) is 16.7 Å². The number of hydrogen-bond donors (Lipinski definition) is 1. The molecule has 0 bridgehead atoms. The van der Waals surface area contributed by atoms with Crippen molar-refractivity contribution in [2.24, 2.45) is 0 Å². The van der Waals surface area contributed by atoms with Gasteiger partial charge < -0.3 is 5.32 Å². The van der Waals surface area contributed by atoms with Crippen molar-refractivity contribution in [2.45, 2.75) is 12.8 Å². The fourth-order valence-electron chi connectivity index (χ4n) is 1.69. The Labute approximate surface area is 117 Å². The number of aromatic nitrogens is 1. The largest absolute Gasteiger partial charge is 0.339 e. The van der Waals surface area contributed by atoms with Gasteiger partial charge in [-0.3, -0.25) is 0 Å². The minimum atomic E-state index is 0.615. The number of aryl methyl sites for hydroxylation is 1. The summed E-state index contributed by atoms with van der Waals surface area (Å²) in [5.41, 5.74) is 2.25. The highest BCUT2D eigenvalue weighted by atomic mass is 35.5. The molecule has 1 heterocycles. The predicted octanol–water partition coefficient (Wildman–Crippen LogP) is 4.65. The molecule has 4 heteroatoms. The second kappa shape index (κ2) is 6.62. The summed E-state index contributed by atoms with van der Waals surface area (Å²) in [6, 6.07) is 11.8. The number of pyridine rings is 1. The number of hydrogen-bond acceptors (Lipinski definition) is 2. The van der Waals surface area contributed by atoms with Crippen LogP contribution >= 0.6 is 23.2 Å². The van der Waals surface area contributed by atoms with Crippen LogP contribution in [0, 0.1) is 0 Å². The van der Waals surface area contributed by atoms with E-state index in [-0.39, 0.29) is 0 Å². The lowest BCUT2D eigenvalue weighted by atomic mass is 10.1. The number of benzene rings is 1. The highest BCUT2D eigenvalue weighted by Gasteiger charge is 2.01. The van der Waals surface area contributed by atoms with Gasteiger partial charge in [-0.2, -0.15) is 0 Å². The first-order valence-corrected chi connectivity index (χ1v) is 6.73. The van der Waals surface area contributed by atoms with E-state index in [2.05, 4.69) is 22.4 Å². The maximum absolute atomic E-state index is 6.06. The standard InChI is InChI=1S/C14H14Cl2N2/c15-8-2-5-11-4-1-6-12(10-11)18-14-13(16)7-3-9-17-14/h1,3-4,6-7,9-10H,2,5,8H2,(H,17,18). The summed E-state index contributed by atoms with van der Waals surface area (Å²) < 4.78 is 0. The second-order valence-electron chi connectivity index (χ2n) is 3.95. The van der Waals surface area contributed by atoms with Gasteiger partial charge in [0.2, 0.25) is 0 Å². The smallest absolute Gasteiger partial charge is 0.149 e. The lowest BCUT2D eigenvalue weighted by Crippen LogP contribution is -1.95. The first kappa shape index (κ1) is 13.2. The summed E-state index contributed by atoms with van der Waals surface area (Å²) in [5, 5.41) is 3.83. The normalized spacial score (nSPS) is 10.3. The van der Waals surface area contributed by atoms with Gasteiger partial charge in [-0.1, -0.05) is 23.7 Å². The number of nitrogens with one attached hydrogen (secondary N) is 1. The molecule has 0 spiro atoms. The van der Waals surface area contributed by atoms with Crippen molar-refractivity contribution in [2.75, 3.05) is 11.2 Å². The Morgan fingerprint density at radius 3 is 2.83 bits per heavy atom. The van der Waals surface area contributed by atoms with E-state index in [4.69, 9.17) is 23.2 Å². The number of halogens is 2. The fraction of sp³-hybridized carbons (Fsp3) is 0.214. The van der Waals surface area contributed by atoms with Crippen LogP contribution in [0.25, 0.3) is 0 Å². The molecular formula is C14H14Cl2N2. The molecular weight excluding hydrogens is 267 g/mol. The van der Waals surface area contributed by atoms with E-state index in [1.165, 1.54) is 5.56 Å². The van der Waals surface area contributed by atoms with Gasteiger partial charge in [-0.05, 0) is 42.7 Å². The zero-order valence-corrected chi connectivity index (χ0v) is 11.4. The molecule has 2 nitrogen and oxygen atoms in total. The summed E-state index contributed by atoms with van der Waals surface area (Å²) in [6.45, 7) is 0. The van der Waals surface area contributed by atoms with Crippen LogP contribution in [0.1, 0.15) is 12.0 Å². The Balaban J connectivity index is 2.12. The summed E-state index contributed by atoms with van der Waals surface area (Å²) >= 11 is 11.8. The zero-order chi connectivity index (χ0) is 12.8. The molecule has 0 atom stereocenters. The molecule has 94 valence electrons. The van der Waals surface area contributed by atoms with Crippen molar-refractivity contribution in [1.29, 1.82) is 0 Å². The summed E-state index contributed by atoms with van der Waals surface area (Å²) in [4.78, 5) is 4.20.